The first-order chi connectivity index (χ1) is 17.8. The van der Waals surface area contributed by atoms with Gasteiger partial charge in [-0.25, -0.2) is 4.98 Å². The van der Waals surface area contributed by atoms with E-state index in [2.05, 4.69) is 55.4 Å². The first kappa shape index (κ1) is 28.7. The Morgan fingerprint density at radius 1 is 1.14 bits per heavy atom. The molecular formula is C29H35NO5S2. The fraction of sp³-hybridized carbons (Fsp3) is 0.379. The van der Waals surface area contributed by atoms with Crippen LogP contribution in [0.5, 0.6) is 17.4 Å². The Balaban J connectivity index is 0.000000886. The number of fused-ring (bicyclic) bond motifs is 1. The van der Waals surface area contributed by atoms with Crippen molar-refractivity contribution in [2.24, 2.45) is 0 Å². The number of hydrogen-bond donors (Lipinski definition) is 1. The van der Waals surface area contributed by atoms with Crippen molar-refractivity contribution in [3.05, 3.63) is 64.8 Å². The summed E-state index contributed by atoms with van der Waals surface area (Å²) in [6.07, 6.45) is 6.21. The van der Waals surface area contributed by atoms with Crippen molar-refractivity contribution < 1.29 is 24.1 Å². The number of aryl methyl sites for hydroxylation is 3. The molecule has 0 spiro atoms. The van der Waals surface area contributed by atoms with Crippen LogP contribution < -0.4 is 14.2 Å². The van der Waals surface area contributed by atoms with E-state index in [9.17, 15) is 0 Å². The van der Waals surface area contributed by atoms with Gasteiger partial charge in [-0.3, -0.25) is 4.79 Å². The third kappa shape index (κ3) is 8.33. The van der Waals surface area contributed by atoms with Gasteiger partial charge in [-0.05, 0) is 90.8 Å². The largest absolute Gasteiger partial charge is 0.496 e. The summed E-state index contributed by atoms with van der Waals surface area (Å²) < 4.78 is 17.7. The number of benzene rings is 2. The molecule has 0 aliphatic carbocycles. The minimum atomic E-state index is -0.833. The Labute approximate surface area is 228 Å². The van der Waals surface area contributed by atoms with Gasteiger partial charge in [0.2, 0.25) is 5.88 Å². The van der Waals surface area contributed by atoms with Gasteiger partial charge in [0, 0.05) is 35.4 Å². The molecule has 0 saturated heterocycles. The molecule has 0 bridgehead atoms. The monoisotopic (exact) mass is 541 g/mol. The molecule has 3 aromatic rings. The van der Waals surface area contributed by atoms with Gasteiger partial charge in [0.05, 0.1) is 13.7 Å². The number of thioether (sulfide) groups is 2. The molecule has 8 heteroatoms. The normalized spacial score (nSPS) is 11.8. The molecule has 0 radical (unpaired) electrons. The summed E-state index contributed by atoms with van der Waals surface area (Å²) in [6.45, 7) is 6.55. The molecule has 37 heavy (non-hydrogen) atoms. The van der Waals surface area contributed by atoms with Gasteiger partial charge in [-0.15, -0.1) is 11.8 Å². The van der Waals surface area contributed by atoms with Crippen LogP contribution in [0.2, 0.25) is 0 Å². The standard InChI is InChI=1S/C27H31NO3S2.C2H4O2/c1-18-12-22(30-9-5-10-32-4)13-19(2)27(18)23-14-20(6-7-24(23)29-3)17-31-26-15-25-21(16-28-26)8-11-33-25;1-2(3)4/h6-7,12-16H,5,8-11,17H2,1-4H3;1H3,(H,3,4). The van der Waals surface area contributed by atoms with E-state index in [4.69, 9.17) is 24.1 Å². The number of rotatable bonds is 10. The molecule has 0 saturated carbocycles. The van der Waals surface area contributed by atoms with Crippen molar-refractivity contribution in [2.45, 2.75) is 45.1 Å². The van der Waals surface area contributed by atoms with Gasteiger partial charge in [0.15, 0.2) is 0 Å². The molecule has 0 fully saturated rings. The molecule has 198 valence electrons. The molecular weight excluding hydrogens is 506 g/mol. The van der Waals surface area contributed by atoms with E-state index >= 15 is 0 Å². The molecule has 2 heterocycles. The van der Waals surface area contributed by atoms with Crippen LogP contribution in [0.4, 0.5) is 0 Å². The molecule has 1 aliphatic heterocycles. The van der Waals surface area contributed by atoms with Crippen molar-refractivity contribution in [3.63, 3.8) is 0 Å². The number of nitrogens with zero attached hydrogens (tertiary/aromatic N) is 1. The van der Waals surface area contributed by atoms with Crippen LogP contribution in [-0.2, 0) is 17.8 Å². The Hall–Kier alpha value is -2.84. The van der Waals surface area contributed by atoms with Gasteiger partial charge in [-0.1, -0.05) is 6.07 Å². The molecule has 1 aromatic heterocycles. The fourth-order valence-corrected chi connectivity index (χ4v) is 5.61. The molecule has 0 atom stereocenters. The molecule has 1 aliphatic rings. The minimum absolute atomic E-state index is 0.460. The van der Waals surface area contributed by atoms with Crippen LogP contribution in [0.3, 0.4) is 0 Å². The highest BCUT2D eigenvalue weighted by molar-refractivity contribution is 7.99. The van der Waals surface area contributed by atoms with Crippen LogP contribution in [0.1, 0.15) is 35.6 Å². The van der Waals surface area contributed by atoms with E-state index in [1.54, 1.807) is 7.11 Å². The second kappa shape index (κ2) is 14.2. The summed E-state index contributed by atoms with van der Waals surface area (Å²) in [5, 5.41) is 7.42. The topological polar surface area (TPSA) is 77.9 Å². The summed E-state index contributed by atoms with van der Waals surface area (Å²) in [5.74, 6) is 3.86. The van der Waals surface area contributed by atoms with Crippen molar-refractivity contribution >= 4 is 29.5 Å². The number of carboxylic acid groups (broad SMARTS) is 1. The number of methoxy groups -OCH3 is 1. The smallest absolute Gasteiger partial charge is 0.300 e. The van der Waals surface area contributed by atoms with E-state index in [-0.39, 0.29) is 0 Å². The molecule has 0 amide bonds. The number of carboxylic acids is 1. The van der Waals surface area contributed by atoms with E-state index < -0.39 is 5.97 Å². The quantitative estimate of drug-likeness (QED) is 0.280. The Morgan fingerprint density at radius 2 is 1.86 bits per heavy atom. The SMILES string of the molecule is CC(=O)O.COc1ccc(COc2cc3c(cn2)CCS3)cc1-c1c(C)cc(OCCCSC)cc1C. The number of pyridine rings is 1. The maximum absolute atomic E-state index is 9.00. The number of ether oxygens (including phenoxy) is 3. The first-order valence-corrected chi connectivity index (χ1v) is 14.5. The van der Waals surface area contributed by atoms with Crippen LogP contribution >= 0.6 is 23.5 Å². The minimum Gasteiger partial charge on any atom is -0.496 e. The van der Waals surface area contributed by atoms with E-state index in [1.165, 1.54) is 27.1 Å². The predicted molar refractivity (Wildman–Crippen MR) is 153 cm³/mol. The van der Waals surface area contributed by atoms with Crippen molar-refractivity contribution in [2.75, 3.05) is 31.5 Å². The zero-order valence-electron chi connectivity index (χ0n) is 22.1. The lowest BCUT2D eigenvalue weighted by Crippen LogP contribution is -2.02. The lowest BCUT2D eigenvalue weighted by atomic mass is 9.93. The van der Waals surface area contributed by atoms with Crippen LogP contribution in [0.25, 0.3) is 11.1 Å². The summed E-state index contributed by atoms with van der Waals surface area (Å²) in [4.78, 5) is 14.8. The number of aliphatic carboxylic acids is 1. The Kier molecular flexibility index (Phi) is 11.0. The third-order valence-electron chi connectivity index (χ3n) is 5.74. The van der Waals surface area contributed by atoms with Crippen molar-refractivity contribution in [3.8, 4) is 28.5 Å². The number of hydrogen-bond acceptors (Lipinski definition) is 7. The summed E-state index contributed by atoms with van der Waals surface area (Å²) in [7, 11) is 1.72. The Morgan fingerprint density at radius 3 is 2.54 bits per heavy atom. The lowest BCUT2D eigenvalue weighted by molar-refractivity contribution is -0.134. The lowest BCUT2D eigenvalue weighted by Gasteiger charge is -2.17. The maximum atomic E-state index is 9.00. The highest BCUT2D eigenvalue weighted by atomic mass is 32.2. The molecule has 0 unspecified atom stereocenters. The second-order valence-electron chi connectivity index (χ2n) is 8.70. The molecule has 4 rings (SSSR count). The third-order valence-corrected chi connectivity index (χ3v) is 7.53. The van der Waals surface area contributed by atoms with Gasteiger partial charge < -0.3 is 19.3 Å². The molecule has 2 aromatic carbocycles. The Bertz CT molecular complexity index is 1190. The maximum Gasteiger partial charge on any atom is 0.300 e. The zero-order chi connectivity index (χ0) is 26.8. The molecule has 6 nitrogen and oxygen atoms in total. The highest BCUT2D eigenvalue weighted by Gasteiger charge is 2.16. The number of carbonyl (C=O) groups is 1. The van der Waals surface area contributed by atoms with Gasteiger partial charge in [0.1, 0.15) is 18.1 Å². The summed E-state index contributed by atoms with van der Waals surface area (Å²) in [6, 6.07) is 12.5. The van der Waals surface area contributed by atoms with Crippen LogP contribution in [0.15, 0.2) is 47.5 Å². The highest BCUT2D eigenvalue weighted by Crippen LogP contribution is 2.38. The average molecular weight is 542 g/mol. The summed E-state index contributed by atoms with van der Waals surface area (Å²) in [5.41, 5.74) is 6.99. The van der Waals surface area contributed by atoms with Gasteiger partial charge in [0.25, 0.3) is 5.97 Å². The van der Waals surface area contributed by atoms with Crippen LogP contribution in [-0.4, -0.2) is 47.5 Å². The van der Waals surface area contributed by atoms with E-state index in [0.717, 1.165) is 60.5 Å². The fourth-order valence-electron chi connectivity index (χ4n) is 4.14. The van der Waals surface area contributed by atoms with E-state index in [0.29, 0.717) is 12.5 Å². The average Bonchev–Trinajstić information content (AvgIpc) is 3.33. The predicted octanol–water partition coefficient (Wildman–Crippen LogP) is 6.82. The summed E-state index contributed by atoms with van der Waals surface area (Å²) >= 11 is 3.72. The van der Waals surface area contributed by atoms with Gasteiger partial charge >= 0.3 is 0 Å². The van der Waals surface area contributed by atoms with Gasteiger partial charge in [-0.2, -0.15) is 11.8 Å². The number of aromatic nitrogens is 1. The van der Waals surface area contributed by atoms with Crippen molar-refractivity contribution in [1.29, 1.82) is 0 Å². The van der Waals surface area contributed by atoms with Crippen molar-refractivity contribution in [1.82, 2.24) is 4.98 Å². The zero-order valence-corrected chi connectivity index (χ0v) is 23.8. The second-order valence-corrected chi connectivity index (χ2v) is 10.8. The van der Waals surface area contributed by atoms with E-state index in [1.807, 2.05) is 35.8 Å². The van der Waals surface area contributed by atoms with Crippen LogP contribution in [0, 0.1) is 13.8 Å². The molecule has 1 N–H and O–H groups in total. The first-order valence-electron chi connectivity index (χ1n) is 12.2.